The molecule has 0 amide bonds. The average Bonchev–Trinajstić information content (AvgIpc) is 3.01. The molecule has 3 heteroatoms. The van der Waals surface area contributed by atoms with E-state index in [0.717, 1.165) is 19.1 Å². The smallest absolute Gasteiger partial charge is 0.0300 e. The lowest BCUT2D eigenvalue weighted by atomic mass is 10.2. The van der Waals surface area contributed by atoms with Crippen LogP contribution in [0.3, 0.4) is 0 Å². The molecule has 0 aromatic carbocycles. The Morgan fingerprint density at radius 2 is 2.11 bits per heavy atom. The Morgan fingerprint density at radius 3 is 2.72 bits per heavy atom. The summed E-state index contributed by atoms with van der Waals surface area (Å²) in [6.07, 6.45) is 5.70. The summed E-state index contributed by atoms with van der Waals surface area (Å²) < 4.78 is 0. The van der Waals surface area contributed by atoms with Crippen LogP contribution in [0.4, 0.5) is 0 Å². The van der Waals surface area contributed by atoms with Crippen molar-refractivity contribution in [1.82, 2.24) is 10.2 Å². The zero-order chi connectivity index (χ0) is 12.8. The monoisotopic (exact) mass is 266 g/mol. The zero-order valence-electron chi connectivity index (χ0n) is 11.7. The highest BCUT2D eigenvalue weighted by Crippen LogP contribution is 2.22. The van der Waals surface area contributed by atoms with E-state index >= 15 is 0 Å². The lowest BCUT2D eigenvalue weighted by Crippen LogP contribution is -2.38. The van der Waals surface area contributed by atoms with Gasteiger partial charge in [0.25, 0.3) is 0 Å². The quantitative estimate of drug-likeness (QED) is 0.761. The van der Waals surface area contributed by atoms with Gasteiger partial charge in [0.1, 0.15) is 0 Å². The molecule has 102 valence electrons. The summed E-state index contributed by atoms with van der Waals surface area (Å²) in [5, 5.41) is 3.57. The van der Waals surface area contributed by atoms with Crippen molar-refractivity contribution in [3.05, 3.63) is 21.9 Å². The van der Waals surface area contributed by atoms with Gasteiger partial charge in [-0.3, -0.25) is 4.90 Å². The number of rotatable bonds is 7. The van der Waals surface area contributed by atoms with Crippen LogP contribution in [0.25, 0.3) is 0 Å². The van der Waals surface area contributed by atoms with E-state index in [1.54, 1.807) is 0 Å². The molecule has 2 rings (SSSR count). The van der Waals surface area contributed by atoms with Crippen LogP contribution >= 0.6 is 11.3 Å². The van der Waals surface area contributed by atoms with Gasteiger partial charge in [0.2, 0.25) is 0 Å². The van der Waals surface area contributed by atoms with Crippen molar-refractivity contribution in [2.24, 2.45) is 0 Å². The predicted octanol–water partition coefficient (Wildman–Crippen LogP) is 3.41. The molecule has 0 spiro atoms. The maximum Gasteiger partial charge on any atom is 0.0300 e. The zero-order valence-corrected chi connectivity index (χ0v) is 12.6. The minimum atomic E-state index is 0.862. The molecule has 1 heterocycles. The van der Waals surface area contributed by atoms with Gasteiger partial charge in [-0.1, -0.05) is 19.8 Å². The average molecular weight is 266 g/mol. The number of hydrogen-bond donors (Lipinski definition) is 1. The molecule has 1 aliphatic carbocycles. The van der Waals surface area contributed by atoms with E-state index in [-0.39, 0.29) is 0 Å². The minimum Gasteiger partial charge on any atom is -0.311 e. The van der Waals surface area contributed by atoms with E-state index in [2.05, 4.69) is 36.2 Å². The van der Waals surface area contributed by atoms with Gasteiger partial charge in [-0.25, -0.2) is 0 Å². The van der Waals surface area contributed by atoms with Crippen molar-refractivity contribution < 1.29 is 0 Å². The molecule has 1 fully saturated rings. The van der Waals surface area contributed by atoms with E-state index < -0.39 is 0 Å². The van der Waals surface area contributed by atoms with Gasteiger partial charge in [0.05, 0.1) is 0 Å². The molecule has 2 nitrogen and oxygen atoms in total. The van der Waals surface area contributed by atoms with E-state index in [4.69, 9.17) is 0 Å². The molecule has 18 heavy (non-hydrogen) atoms. The standard InChI is InChI=1S/C15H26N2S/c1-3-17(14-6-4-5-7-14)11-10-16-12-15-9-8-13(2)18-15/h8-9,14,16H,3-7,10-12H2,1-2H3. The van der Waals surface area contributed by atoms with Crippen molar-refractivity contribution in [1.29, 1.82) is 0 Å². The summed E-state index contributed by atoms with van der Waals surface area (Å²) >= 11 is 1.90. The van der Waals surface area contributed by atoms with Gasteiger partial charge in [0, 0.05) is 35.4 Å². The lowest BCUT2D eigenvalue weighted by molar-refractivity contribution is 0.209. The van der Waals surface area contributed by atoms with E-state index in [1.807, 2.05) is 11.3 Å². The highest BCUT2D eigenvalue weighted by molar-refractivity contribution is 7.11. The third kappa shape index (κ3) is 4.08. The first-order valence-electron chi connectivity index (χ1n) is 7.29. The number of hydrogen-bond acceptors (Lipinski definition) is 3. The van der Waals surface area contributed by atoms with Gasteiger partial charge in [-0.05, 0) is 38.4 Å². The summed E-state index contributed by atoms with van der Waals surface area (Å²) in [5.41, 5.74) is 0. The third-order valence-electron chi connectivity index (χ3n) is 3.92. The molecule has 1 saturated carbocycles. The minimum absolute atomic E-state index is 0.862. The fraction of sp³-hybridized carbons (Fsp3) is 0.733. The molecule has 0 bridgehead atoms. The molecule has 1 aliphatic rings. The van der Waals surface area contributed by atoms with Crippen LogP contribution in [-0.2, 0) is 6.54 Å². The van der Waals surface area contributed by atoms with Crippen LogP contribution in [0.2, 0.25) is 0 Å². The normalized spacial score (nSPS) is 16.8. The number of likely N-dealkylation sites (N-methyl/N-ethyl adjacent to an activating group) is 1. The predicted molar refractivity (Wildman–Crippen MR) is 80.3 cm³/mol. The molecule has 0 radical (unpaired) electrons. The second kappa shape index (κ2) is 7.27. The van der Waals surface area contributed by atoms with Gasteiger partial charge in [-0.2, -0.15) is 0 Å². The summed E-state index contributed by atoms with van der Waals surface area (Å²) in [6, 6.07) is 5.31. The fourth-order valence-electron chi connectivity index (χ4n) is 2.88. The highest BCUT2D eigenvalue weighted by atomic mass is 32.1. The van der Waals surface area contributed by atoms with E-state index in [9.17, 15) is 0 Å². The van der Waals surface area contributed by atoms with Gasteiger partial charge in [0.15, 0.2) is 0 Å². The van der Waals surface area contributed by atoms with Crippen molar-refractivity contribution in [3.63, 3.8) is 0 Å². The SMILES string of the molecule is CCN(CCNCc1ccc(C)s1)C1CCCC1. The van der Waals surface area contributed by atoms with Crippen molar-refractivity contribution >= 4 is 11.3 Å². The van der Waals surface area contributed by atoms with Crippen molar-refractivity contribution in [2.45, 2.75) is 52.1 Å². The maximum atomic E-state index is 3.57. The summed E-state index contributed by atoms with van der Waals surface area (Å²) in [6.45, 7) is 9.01. The first-order valence-corrected chi connectivity index (χ1v) is 8.11. The highest BCUT2D eigenvalue weighted by Gasteiger charge is 2.20. The van der Waals surface area contributed by atoms with Crippen LogP contribution in [-0.4, -0.2) is 30.6 Å². The van der Waals surface area contributed by atoms with Gasteiger partial charge in [-0.15, -0.1) is 11.3 Å². The lowest BCUT2D eigenvalue weighted by Gasteiger charge is -2.27. The molecule has 1 aromatic rings. The summed E-state index contributed by atoms with van der Waals surface area (Å²) in [5.74, 6) is 0. The molecule has 0 atom stereocenters. The Kier molecular flexibility index (Phi) is 5.67. The Bertz CT molecular complexity index is 342. The Balaban J connectivity index is 1.64. The number of thiophene rings is 1. The van der Waals surface area contributed by atoms with Crippen LogP contribution in [0, 0.1) is 6.92 Å². The van der Waals surface area contributed by atoms with Crippen LogP contribution in [0.1, 0.15) is 42.4 Å². The van der Waals surface area contributed by atoms with Crippen molar-refractivity contribution in [2.75, 3.05) is 19.6 Å². The second-order valence-electron chi connectivity index (χ2n) is 5.26. The topological polar surface area (TPSA) is 15.3 Å². The molecule has 1 aromatic heterocycles. The molecule has 0 saturated heterocycles. The van der Waals surface area contributed by atoms with Crippen LogP contribution in [0.5, 0.6) is 0 Å². The first-order chi connectivity index (χ1) is 8.79. The summed E-state index contributed by atoms with van der Waals surface area (Å²) in [4.78, 5) is 5.52. The Labute approximate surface area is 115 Å². The number of aryl methyl sites for hydroxylation is 1. The molecular weight excluding hydrogens is 240 g/mol. The van der Waals surface area contributed by atoms with Crippen LogP contribution < -0.4 is 5.32 Å². The van der Waals surface area contributed by atoms with Gasteiger partial charge >= 0.3 is 0 Å². The largest absolute Gasteiger partial charge is 0.311 e. The van der Waals surface area contributed by atoms with Crippen molar-refractivity contribution in [3.8, 4) is 0 Å². The number of nitrogens with zero attached hydrogens (tertiary/aromatic N) is 1. The third-order valence-corrected chi connectivity index (χ3v) is 4.92. The first kappa shape index (κ1) is 14.0. The molecular formula is C15H26N2S. The molecule has 0 aliphatic heterocycles. The van der Waals surface area contributed by atoms with Gasteiger partial charge < -0.3 is 5.32 Å². The number of nitrogens with one attached hydrogen (secondary N) is 1. The summed E-state index contributed by atoms with van der Waals surface area (Å²) in [7, 11) is 0. The maximum absolute atomic E-state index is 3.57. The van der Waals surface area contributed by atoms with E-state index in [0.29, 0.717) is 0 Å². The van der Waals surface area contributed by atoms with E-state index in [1.165, 1.54) is 48.5 Å². The molecule has 0 unspecified atom stereocenters. The Morgan fingerprint density at radius 1 is 1.33 bits per heavy atom. The Hall–Kier alpha value is -0.380. The van der Waals surface area contributed by atoms with Crippen LogP contribution in [0.15, 0.2) is 12.1 Å². The second-order valence-corrected chi connectivity index (χ2v) is 6.63. The molecule has 1 N–H and O–H groups in total. The fourth-order valence-corrected chi connectivity index (χ4v) is 3.74.